The van der Waals surface area contributed by atoms with Gasteiger partial charge in [0.25, 0.3) is 0 Å². The Morgan fingerprint density at radius 1 is 0.310 bits per heavy atom. The average molecular weight is 2130 g/mol. The van der Waals surface area contributed by atoms with Gasteiger partial charge in [-0.25, -0.2) is 0 Å². The van der Waals surface area contributed by atoms with Crippen molar-refractivity contribution in [1.82, 2.24) is 41.3 Å². The Kier molecular flexibility index (Phi) is 61.4. The first kappa shape index (κ1) is 130. The highest BCUT2D eigenvalue weighted by molar-refractivity contribution is 8.77. The second kappa shape index (κ2) is 67.3. The first-order chi connectivity index (χ1) is 66.2. The molecule has 36 N–H and O–H groups in total. The minimum absolute atomic E-state index is 0.00136. The molecule has 0 aromatic carbocycles. The van der Waals surface area contributed by atoms with E-state index < -0.39 is 302 Å². The maximum Gasteiger partial charge on any atom is 0.321 e. The first-order valence-corrected chi connectivity index (χ1v) is 53.1. The highest BCUT2D eigenvalue weighted by Crippen LogP contribution is 2.35. The monoisotopic (exact) mass is 2130 g/mol. The number of carbonyl (C=O) groups excluding carboxylic acids is 20. The number of nitrogens with one attached hydrogen (secondary N) is 5. The van der Waals surface area contributed by atoms with E-state index in [1.54, 1.807) is 0 Å². The van der Waals surface area contributed by atoms with Gasteiger partial charge in [-0.05, 0) is 94.8 Å². The fourth-order valence-electron chi connectivity index (χ4n) is 14.7. The summed E-state index contributed by atoms with van der Waals surface area (Å²) in [7, 11) is 6.45. The predicted molar refractivity (Wildman–Crippen MR) is 526 cm³/mol. The predicted octanol–water partition coefficient (Wildman–Crippen LogP) is -5.56. The van der Waals surface area contributed by atoms with Gasteiger partial charge in [0.15, 0.2) is 28.9 Å². The quantitative estimate of drug-likeness (QED) is 0.0199. The molecule has 0 unspecified atom stereocenters. The van der Waals surface area contributed by atoms with Gasteiger partial charge in [-0.1, -0.05) is 106 Å². The van der Waals surface area contributed by atoms with Crippen molar-refractivity contribution in [3.05, 3.63) is 0 Å². The zero-order chi connectivity index (χ0) is 108. The normalized spacial score (nSPS) is 17.6. The Hall–Kier alpha value is -10.4. The van der Waals surface area contributed by atoms with Crippen LogP contribution in [0.2, 0.25) is 0 Å². The summed E-state index contributed by atoms with van der Waals surface area (Å²) < 4.78 is 0. The number of carboxylic acids is 5. The molecule has 0 aliphatic carbocycles. The summed E-state index contributed by atoms with van der Waals surface area (Å²) in [6.45, 7) is 11.4. The number of nitrogens with two attached hydrogens (primary N) is 13. The molecule has 3 heterocycles. The fraction of sp³-hybridized carbons (Fsp3) is 0.706. The van der Waals surface area contributed by atoms with Crippen molar-refractivity contribution in [3.8, 4) is 0 Å². The average Bonchev–Trinajstić information content (AvgIpc) is 1.66. The van der Waals surface area contributed by atoms with Crippen LogP contribution >= 0.6 is 64.8 Å². The minimum Gasteiger partial charge on any atom is -0.481 e. The lowest BCUT2D eigenvalue weighted by atomic mass is 9.89. The lowest BCUT2D eigenvalue weighted by Crippen LogP contribution is -2.54. The standard InChI is InChI=1S/C30H49N7O11S2.C28H46N6O10S2.C27H46N8O9S2/c1-15(2)8-16(27(44)35-12-25(34)41)9-23(39)21-4-3-7-37(21)29(46)17(13-49-50-14-19(32)30(47)48)10-22(38)20(11-24(33)40)36-28(45)18(31)5-6-26(42)43;1-14(2)8-15(25(32)40)9-22(36)20-4-3-7-34(20)27(42)16(12-45-46-13-18(30)28(43)44)10-21(35)19(11-23(31)37)33-26(41)17(29)5-6-24(38)39;1-13(2)8-18(23(32)39)34-25(41)19-4-3-7-35(19)26(42)14(11-45-46-12-16(29)27(43)44)9-20(36)17(10-22(31)38)33-24(40)15(28)5-6-21(30)37/h15-21H,3-14,31-32H2,1-2H3,(H2,33,40)(H2,34,41)(H,35,44)(H,36,45)(H,42,43)(H,47,48);14-20H,3-13,29-30H2,1-2H3,(H2,31,37)(H2,32,40)(H,33,41)(H,38,39)(H,43,44);13-19H,3-12,28-29H2,1-2H3,(H2,30,37)(H2,31,38)(H2,32,39)(H,33,40)(H,34,41)(H,43,44)/t16-,17+,18+,19+,20+,21+;15-,16+,17+,18+,19+,20+;14-,15-,16-,17-,18-,19-/m110/s1. The van der Waals surface area contributed by atoms with E-state index in [1.165, 1.54) is 14.7 Å². The van der Waals surface area contributed by atoms with Crippen LogP contribution in [0.15, 0.2) is 0 Å². The molecular formula is C85H141N21O30S6. The van der Waals surface area contributed by atoms with Crippen LogP contribution in [0.5, 0.6) is 0 Å². The largest absolute Gasteiger partial charge is 0.481 e. The number of nitrogens with zero attached hydrogens (tertiary/aromatic N) is 3. The topological polar surface area (TPSA) is 936 Å². The summed E-state index contributed by atoms with van der Waals surface area (Å²) >= 11 is 0. The van der Waals surface area contributed by atoms with Gasteiger partial charge >= 0.3 is 29.8 Å². The zero-order valence-corrected chi connectivity index (χ0v) is 85.1. The third kappa shape index (κ3) is 51.2. The highest BCUT2D eigenvalue weighted by atomic mass is 33.1. The summed E-state index contributed by atoms with van der Waals surface area (Å²) in [6.07, 6.45) is -1.89. The van der Waals surface area contributed by atoms with Crippen molar-refractivity contribution in [3.63, 3.8) is 0 Å². The minimum atomic E-state index is -1.49. The van der Waals surface area contributed by atoms with E-state index in [4.69, 9.17) is 100 Å². The van der Waals surface area contributed by atoms with E-state index >= 15 is 0 Å². The smallest absolute Gasteiger partial charge is 0.321 e. The molecule has 0 spiro atoms. The molecule has 3 aliphatic rings. The summed E-state index contributed by atoms with van der Waals surface area (Å²) in [6, 6.07) is -15.4. The number of ketones is 5. The third-order valence-electron chi connectivity index (χ3n) is 22.2. The number of hydrogen-bond donors (Lipinski definition) is 23. The fourth-order valence-corrected chi connectivity index (χ4v) is 22.0. The Morgan fingerprint density at radius 2 is 0.606 bits per heavy atom. The number of rotatable bonds is 70. The number of amides is 15. The van der Waals surface area contributed by atoms with E-state index in [0.29, 0.717) is 57.8 Å². The molecule has 0 bridgehead atoms. The summed E-state index contributed by atoms with van der Waals surface area (Å²) in [5.74, 6) is -24.5. The van der Waals surface area contributed by atoms with Crippen LogP contribution < -0.4 is 101 Å². The number of aliphatic carboxylic acids is 5. The molecule has 3 rings (SSSR count). The van der Waals surface area contributed by atoms with Crippen LogP contribution in [0.3, 0.4) is 0 Å². The Morgan fingerprint density at radius 3 is 0.887 bits per heavy atom. The molecule has 142 heavy (non-hydrogen) atoms. The van der Waals surface area contributed by atoms with E-state index in [9.17, 15) is 120 Å². The van der Waals surface area contributed by atoms with Crippen LogP contribution in [0.25, 0.3) is 0 Å². The molecule has 51 nitrogen and oxygen atoms in total. The van der Waals surface area contributed by atoms with Crippen LogP contribution in [-0.2, 0) is 120 Å². The van der Waals surface area contributed by atoms with Crippen molar-refractivity contribution in [1.29, 1.82) is 0 Å². The van der Waals surface area contributed by atoms with Gasteiger partial charge in [-0.15, -0.1) is 0 Å². The maximum absolute atomic E-state index is 14.0. The van der Waals surface area contributed by atoms with Crippen molar-refractivity contribution < 1.29 is 145 Å². The van der Waals surface area contributed by atoms with Gasteiger partial charge in [0.1, 0.15) is 30.2 Å². The van der Waals surface area contributed by atoms with Crippen molar-refractivity contribution in [2.75, 3.05) is 60.7 Å². The molecule has 0 saturated carbocycles. The van der Waals surface area contributed by atoms with E-state index in [2.05, 4.69) is 26.6 Å². The number of carboxylic acid groups (broad SMARTS) is 5. The lowest BCUT2D eigenvalue weighted by Gasteiger charge is -2.30. The lowest BCUT2D eigenvalue weighted by molar-refractivity contribution is -0.143. The Labute approximate surface area is 844 Å². The van der Waals surface area contributed by atoms with Crippen LogP contribution in [0, 0.1) is 47.3 Å². The van der Waals surface area contributed by atoms with Crippen LogP contribution in [0.1, 0.15) is 189 Å². The molecule has 0 aromatic rings. The molecule has 0 aromatic heterocycles. The van der Waals surface area contributed by atoms with Gasteiger partial charge in [-0.3, -0.25) is 120 Å². The Balaban J connectivity index is 0.00000107. The second-order valence-electron chi connectivity index (χ2n) is 35.8. The molecule has 0 radical (unpaired) electrons. The molecular weight excluding hydrogens is 1990 g/mol. The molecule has 18 atom stereocenters. The first-order valence-electron chi connectivity index (χ1n) is 45.6. The van der Waals surface area contributed by atoms with Gasteiger partial charge in [0, 0.05) is 117 Å². The van der Waals surface area contributed by atoms with Crippen molar-refractivity contribution in [2.45, 2.75) is 268 Å². The van der Waals surface area contributed by atoms with Gasteiger partial charge < -0.3 is 141 Å². The van der Waals surface area contributed by atoms with E-state index in [1.807, 2.05) is 41.5 Å². The van der Waals surface area contributed by atoms with Crippen molar-refractivity contribution in [2.24, 2.45) is 122 Å². The second-order valence-corrected chi connectivity index (χ2v) is 43.4. The molecule has 15 amide bonds. The van der Waals surface area contributed by atoms with Gasteiger partial charge in [0.2, 0.25) is 88.6 Å². The summed E-state index contributed by atoms with van der Waals surface area (Å²) in [5.41, 5.74) is 71.1. The number of likely N-dealkylation sites (tertiary alicyclic amines) is 3. The zero-order valence-electron chi connectivity index (χ0n) is 80.2. The number of carbonyl (C=O) groups is 25. The van der Waals surface area contributed by atoms with Crippen molar-refractivity contribution >= 4 is 212 Å². The molecule has 3 fully saturated rings. The molecule has 802 valence electrons. The Bertz CT molecular complexity index is 4220. The number of primary amides is 7. The van der Waals surface area contributed by atoms with E-state index in [-0.39, 0.29) is 122 Å². The van der Waals surface area contributed by atoms with Gasteiger partial charge in [0.05, 0.1) is 91.9 Å². The molecule has 3 aliphatic heterocycles. The number of hydrogen-bond acceptors (Lipinski definition) is 37. The number of Topliss-reactive ketones (excluding diaryl/α,β-unsaturated/α-hetero) is 5. The van der Waals surface area contributed by atoms with E-state index in [0.717, 1.165) is 64.8 Å². The van der Waals surface area contributed by atoms with Crippen LogP contribution in [0.4, 0.5) is 0 Å². The maximum atomic E-state index is 14.0. The highest BCUT2D eigenvalue weighted by Gasteiger charge is 2.45. The van der Waals surface area contributed by atoms with Gasteiger partial charge in [-0.2, -0.15) is 0 Å². The third-order valence-corrected chi connectivity index (χ3v) is 29.7. The SMILES string of the molecule is CC(C)C[C@H](CC(=O)[C@@H]1CCCN1C(=O)[C@H](CSSC[C@H](N)C(=O)O)CC(=O)[C@H](CC(N)=O)NC(=O)[C@@H](N)CCC(=O)O)C(=O)NCC(N)=O.CC(C)C[C@H](CC(=O)[C@@H]1CCCN1C(=O)[C@H](CSSC[C@H](N)C(=O)O)CC(=O)[C@H](CC(N)=O)NC(=O)[C@@H](N)CCC(=O)O)C(N)=O.CC(C)C[C@H](NC(=O)[C@@H]1CCCN1C(=O)[C@H](CSSC[C@H](N)C(=O)O)CC(=O)[C@H](CC(N)=O)NC(=O)[C@@H](N)CCC(N)=O)C(N)=O. The molecule has 57 heteroatoms. The summed E-state index contributed by atoms with van der Waals surface area (Å²) in [5, 5.41) is 57.0. The van der Waals surface area contributed by atoms with Crippen LogP contribution in [-0.4, -0.2) is 327 Å². The summed E-state index contributed by atoms with van der Waals surface area (Å²) in [4.78, 5) is 314. The molecule has 3 saturated heterocycles.